The third-order valence-electron chi connectivity index (χ3n) is 4.51. The largest absolute Gasteiger partial charge is 0.329 e. The summed E-state index contributed by atoms with van der Waals surface area (Å²) in [7, 11) is 0. The van der Waals surface area contributed by atoms with Crippen molar-refractivity contribution in [3.05, 3.63) is 33.8 Å². The zero-order valence-electron chi connectivity index (χ0n) is 12.9. The van der Waals surface area contributed by atoms with Gasteiger partial charge in [0.1, 0.15) is 0 Å². The normalized spacial score (nSPS) is 22.4. The molecule has 1 aromatic rings. The van der Waals surface area contributed by atoms with Crippen LogP contribution < -0.4 is 5.73 Å². The van der Waals surface area contributed by atoms with Crippen molar-refractivity contribution in [2.75, 3.05) is 32.7 Å². The van der Waals surface area contributed by atoms with Gasteiger partial charge < -0.3 is 5.73 Å². The Kier molecular flexibility index (Phi) is 6.33. The Labute approximate surface area is 138 Å². The van der Waals surface area contributed by atoms with Crippen LogP contribution in [0.1, 0.15) is 31.9 Å². The van der Waals surface area contributed by atoms with Gasteiger partial charge in [-0.3, -0.25) is 9.80 Å². The van der Waals surface area contributed by atoms with E-state index in [1.165, 1.54) is 6.42 Å². The highest BCUT2D eigenvalue weighted by molar-refractivity contribution is 6.42. The fourth-order valence-corrected chi connectivity index (χ4v) is 3.53. The van der Waals surface area contributed by atoms with Crippen LogP contribution in [0, 0.1) is 0 Å². The molecule has 0 amide bonds. The van der Waals surface area contributed by atoms with E-state index in [1.807, 2.05) is 18.2 Å². The summed E-state index contributed by atoms with van der Waals surface area (Å²) in [4.78, 5) is 5.04. The molecule has 1 aromatic carbocycles. The van der Waals surface area contributed by atoms with Crippen molar-refractivity contribution in [2.24, 2.45) is 5.73 Å². The minimum absolute atomic E-state index is 0.216. The van der Waals surface area contributed by atoms with Gasteiger partial charge in [0.2, 0.25) is 0 Å². The van der Waals surface area contributed by atoms with Crippen molar-refractivity contribution in [3.63, 3.8) is 0 Å². The zero-order chi connectivity index (χ0) is 15.4. The Hall–Kier alpha value is -0.320. The van der Waals surface area contributed by atoms with Crippen molar-refractivity contribution in [1.29, 1.82) is 0 Å². The molecule has 2 atom stereocenters. The van der Waals surface area contributed by atoms with Gasteiger partial charge in [0.15, 0.2) is 0 Å². The molecule has 21 heavy (non-hydrogen) atoms. The summed E-state index contributed by atoms with van der Waals surface area (Å²) in [5, 5.41) is 1.20. The van der Waals surface area contributed by atoms with Crippen LogP contribution in [0.4, 0.5) is 0 Å². The standard InChI is InChI=1S/C16H25Cl2N3/c1-3-13-11-21(8-7-20(13)4-2)16(10-19)12-5-6-14(17)15(18)9-12/h5-6,9,13,16H,3-4,7-8,10-11,19H2,1-2H3. The zero-order valence-corrected chi connectivity index (χ0v) is 14.4. The average molecular weight is 330 g/mol. The number of rotatable bonds is 5. The number of nitrogens with zero attached hydrogens (tertiary/aromatic N) is 2. The van der Waals surface area contributed by atoms with Gasteiger partial charge in [0, 0.05) is 38.3 Å². The van der Waals surface area contributed by atoms with Crippen molar-refractivity contribution in [3.8, 4) is 0 Å². The van der Waals surface area contributed by atoms with Crippen molar-refractivity contribution in [2.45, 2.75) is 32.4 Å². The third kappa shape index (κ3) is 3.91. The molecule has 0 saturated carbocycles. The van der Waals surface area contributed by atoms with Gasteiger partial charge in [-0.25, -0.2) is 0 Å². The van der Waals surface area contributed by atoms with Gasteiger partial charge in [-0.1, -0.05) is 43.1 Å². The lowest BCUT2D eigenvalue weighted by atomic mass is 10.0. The Bertz CT molecular complexity index is 467. The van der Waals surface area contributed by atoms with Crippen molar-refractivity contribution in [1.82, 2.24) is 9.80 Å². The summed E-state index contributed by atoms with van der Waals surface area (Å²) < 4.78 is 0. The molecule has 2 unspecified atom stereocenters. The van der Waals surface area contributed by atoms with Crippen LogP contribution in [-0.2, 0) is 0 Å². The second kappa shape index (κ2) is 7.80. The molecule has 1 fully saturated rings. The Morgan fingerprint density at radius 3 is 2.57 bits per heavy atom. The summed E-state index contributed by atoms with van der Waals surface area (Å²) in [6, 6.07) is 6.68. The summed E-state index contributed by atoms with van der Waals surface area (Å²) in [5.41, 5.74) is 7.21. The van der Waals surface area contributed by atoms with E-state index < -0.39 is 0 Å². The second-order valence-electron chi connectivity index (χ2n) is 5.61. The minimum Gasteiger partial charge on any atom is -0.329 e. The van der Waals surface area contributed by atoms with Gasteiger partial charge in [-0.2, -0.15) is 0 Å². The van der Waals surface area contributed by atoms with Crippen LogP contribution in [-0.4, -0.2) is 48.6 Å². The highest BCUT2D eigenvalue weighted by atomic mass is 35.5. The maximum Gasteiger partial charge on any atom is 0.0595 e. The number of hydrogen-bond acceptors (Lipinski definition) is 3. The molecular weight excluding hydrogens is 305 g/mol. The van der Waals surface area contributed by atoms with Crippen LogP contribution in [0.5, 0.6) is 0 Å². The van der Waals surface area contributed by atoms with Crippen LogP contribution in [0.3, 0.4) is 0 Å². The molecule has 0 aliphatic carbocycles. The second-order valence-corrected chi connectivity index (χ2v) is 6.43. The van der Waals surface area contributed by atoms with Gasteiger partial charge in [-0.15, -0.1) is 0 Å². The van der Waals surface area contributed by atoms with E-state index in [-0.39, 0.29) is 6.04 Å². The lowest BCUT2D eigenvalue weighted by Gasteiger charge is -2.44. The molecule has 0 radical (unpaired) electrons. The molecule has 1 heterocycles. The molecule has 2 N–H and O–H groups in total. The van der Waals surface area contributed by atoms with Crippen LogP contribution >= 0.6 is 23.2 Å². The molecule has 0 spiro atoms. The Balaban J connectivity index is 2.15. The number of benzene rings is 1. The molecule has 2 rings (SSSR count). The first kappa shape index (κ1) is 17.0. The first-order chi connectivity index (χ1) is 10.1. The van der Waals surface area contributed by atoms with Crippen LogP contribution in [0.15, 0.2) is 18.2 Å². The predicted molar refractivity (Wildman–Crippen MR) is 91.2 cm³/mol. The minimum atomic E-state index is 0.216. The number of halogens is 2. The Morgan fingerprint density at radius 1 is 1.24 bits per heavy atom. The fraction of sp³-hybridized carbons (Fsp3) is 0.625. The SMILES string of the molecule is CCC1CN(C(CN)c2ccc(Cl)c(Cl)c2)CCN1CC. The smallest absolute Gasteiger partial charge is 0.0595 e. The highest BCUT2D eigenvalue weighted by Gasteiger charge is 2.29. The maximum absolute atomic E-state index is 6.16. The van der Waals surface area contributed by atoms with Gasteiger partial charge in [-0.05, 0) is 30.7 Å². The highest BCUT2D eigenvalue weighted by Crippen LogP contribution is 2.29. The lowest BCUT2D eigenvalue weighted by molar-refractivity contribution is 0.0509. The van der Waals surface area contributed by atoms with E-state index in [2.05, 4.69) is 23.6 Å². The van der Waals surface area contributed by atoms with E-state index in [0.717, 1.165) is 31.7 Å². The molecule has 118 valence electrons. The number of likely N-dealkylation sites (N-methyl/N-ethyl adjacent to an activating group) is 1. The summed E-state index contributed by atoms with van der Waals surface area (Å²) in [6.45, 7) is 9.42. The lowest BCUT2D eigenvalue weighted by Crippen LogP contribution is -2.54. The van der Waals surface area contributed by atoms with E-state index in [0.29, 0.717) is 22.6 Å². The molecule has 1 saturated heterocycles. The topological polar surface area (TPSA) is 32.5 Å². The molecule has 1 aliphatic heterocycles. The van der Waals surface area contributed by atoms with Gasteiger partial charge in [0.05, 0.1) is 10.0 Å². The van der Waals surface area contributed by atoms with Crippen LogP contribution in [0.2, 0.25) is 10.0 Å². The number of nitrogens with two attached hydrogens (primary N) is 1. The average Bonchev–Trinajstić information content (AvgIpc) is 2.51. The summed E-state index contributed by atoms with van der Waals surface area (Å²) in [5.74, 6) is 0. The van der Waals surface area contributed by atoms with Crippen molar-refractivity contribution < 1.29 is 0 Å². The molecule has 1 aliphatic rings. The first-order valence-electron chi connectivity index (χ1n) is 7.73. The van der Waals surface area contributed by atoms with E-state index >= 15 is 0 Å². The van der Waals surface area contributed by atoms with E-state index in [4.69, 9.17) is 28.9 Å². The van der Waals surface area contributed by atoms with E-state index in [1.54, 1.807) is 0 Å². The monoisotopic (exact) mass is 329 g/mol. The van der Waals surface area contributed by atoms with E-state index in [9.17, 15) is 0 Å². The third-order valence-corrected chi connectivity index (χ3v) is 5.25. The van der Waals surface area contributed by atoms with Gasteiger partial charge >= 0.3 is 0 Å². The van der Waals surface area contributed by atoms with Crippen LogP contribution in [0.25, 0.3) is 0 Å². The van der Waals surface area contributed by atoms with Crippen molar-refractivity contribution >= 4 is 23.2 Å². The quantitative estimate of drug-likeness (QED) is 0.898. The molecule has 3 nitrogen and oxygen atoms in total. The molecule has 0 aromatic heterocycles. The molecule has 0 bridgehead atoms. The Morgan fingerprint density at radius 2 is 2.00 bits per heavy atom. The summed E-state index contributed by atoms with van der Waals surface area (Å²) in [6.07, 6.45) is 1.17. The molecule has 5 heteroatoms. The first-order valence-corrected chi connectivity index (χ1v) is 8.49. The fourth-order valence-electron chi connectivity index (χ4n) is 3.22. The molecular formula is C16H25Cl2N3. The predicted octanol–water partition coefficient (Wildman–Crippen LogP) is 3.41. The number of hydrogen-bond donors (Lipinski definition) is 1. The van der Waals surface area contributed by atoms with Gasteiger partial charge in [0.25, 0.3) is 0 Å². The number of piperazine rings is 1. The summed E-state index contributed by atoms with van der Waals surface area (Å²) >= 11 is 12.2. The maximum atomic E-state index is 6.16.